The number of ether oxygens (including phenoxy) is 1. The Balaban J connectivity index is 3.91. The molecule has 0 bridgehead atoms. The van der Waals surface area contributed by atoms with E-state index in [0.717, 1.165) is 13.0 Å². The second-order valence-corrected chi connectivity index (χ2v) is 4.29. The lowest BCUT2D eigenvalue weighted by atomic mass is 9.99. The van der Waals surface area contributed by atoms with E-state index >= 15 is 0 Å². The van der Waals surface area contributed by atoms with Crippen molar-refractivity contribution in [3.63, 3.8) is 0 Å². The maximum Gasteiger partial charge on any atom is 0.0637 e. The highest BCUT2D eigenvalue weighted by Crippen LogP contribution is 2.17. The van der Waals surface area contributed by atoms with Gasteiger partial charge in [0.2, 0.25) is 0 Å². The zero-order valence-corrected chi connectivity index (χ0v) is 9.63. The largest absolute Gasteiger partial charge is 0.379 e. The van der Waals surface area contributed by atoms with Crippen molar-refractivity contribution in [2.24, 2.45) is 5.73 Å². The standard InChI is InChI=1S/C10H24N2O/c1-9(12(4)7-6-11)8-10(2,3)13-5/h9H,6-8,11H2,1-5H3. The summed E-state index contributed by atoms with van der Waals surface area (Å²) in [6.45, 7) is 8.09. The molecule has 0 fully saturated rings. The van der Waals surface area contributed by atoms with E-state index in [1.807, 2.05) is 0 Å². The van der Waals surface area contributed by atoms with Gasteiger partial charge in [-0.05, 0) is 34.2 Å². The molecule has 3 nitrogen and oxygen atoms in total. The molecular formula is C10H24N2O. The maximum absolute atomic E-state index is 5.49. The van der Waals surface area contributed by atoms with Crippen LogP contribution in [0.1, 0.15) is 27.2 Å². The zero-order chi connectivity index (χ0) is 10.5. The fourth-order valence-corrected chi connectivity index (χ4v) is 1.37. The minimum Gasteiger partial charge on any atom is -0.379 e. The first-order valence-corrected chi connectivity index (χ1v) is 4.88. The first-order valence-electron chi connectivity index (χ1n) is 4.88. The predicted octanol–water partition coefficient (Wildman–Crippen LogP) is 1.08. The maximum atomic E-state index is 5.49. The lowest BCUT2D eigenvalue weighted by Gasteiger charge is -2.31. The molecule has 0 saturated carbocycles. The molecule has 0 aromatic carbocycles. The number of nitrogens with zero attached hydrogens (tertiary/aromatic N) is 1. The van der Waals surface area contributed by atoms with Crippen molar-refractivity contribution in [1.29, 1.82) is 0 Å². The summed E-state index contributed by atoms with van der Waals surface area (Å²) in [6.07, 6.45) is 1.03. The zero-order valence-electron chi connectivity index (χ0n) is 9.63. The third-order valence-electron chi connectivity index (χ3n) is 2.57. The summed E-state index contributed by atoms with van der Waals surface area (Å²) in [5, 5.41) is 0. The van der Waals surface area contributed by atoms with Crippen LogP contribution >= 0.6 is 0 Å². The van der Waals surface area contributed by atoms with Gasteiger partial charge >= 0.3 is 0 Å². The fourth-order valence-electron chi connectivity index (χ4n) is 1.37. The van der Waals surface area contributed by atoms with E-state index in [1.54, 1.807) is 7.11 Å². The number of hydrogen-bond acceptors (Lipinski definition) is 3. The van der Waals surface area contributed by atoms with Crippen molar-refractivity contribution in [3.8, 4) is 0 Å². The van der Waals surface area contributed by atoms with Gasteiger partial charge in [-0.3, -0.25) is 0 Å². The molecule has 0 aromatic heterocycles. The molecule has 13 heavy (non-hydrogen) atoms. The lowest BCUT2D eigenvalue weighted by Crippen LogP contribution is -2.39. The summed E-state index contributed by atoms with van der Waals surface area (Å²) in [5.74, 6) is 0. The highest BCUT2D eigenvalue weighted by atomic mass is 16.5. The SMILES string of the molecule is COC(C)(C)CC(C)N(C)CCN. The molecule has 3 heteroatoms. The summed E-state index contributed by atoms with van der Waals surface area (Å²) in [6, 6.07) is 0.512. The first kappa shape index (κ1) is 12.9. The van der Waals surface area contributed by atoms with E-state index < -0.39 is 0 Å². The second kappa shape index (κ2) is 5.58. The number of hydrogen-bond donors (Lipinski definition) is 1. The average Bonchev–Trinajstić information content (AvgIpc) is 2.04. The van der Waals surface area contributed by atoms with Gasteiger partial charge < -0.3 is 15.4 Å². The molecule has 0 aromatic rings. The predicted molar refractivity (Wildman–Crippen MR) is 56.9 cm³/mol. The molecule has 0 spiro atoms. The van der Waals surface area contributed by atoms with Gasteiger partial charge in [-0.1, -0.05) is 0 Å². The van der Waals surface area contributed by atoms with Crippen LogP contribution < -0.4 is 5.73 Å². The van der Waals surface area contributed by atoms with Crippen LogP contribution in [0.2, 0.25) is 0 Å². The van der Waals surface area contributed by atoms with Crippen LogP contribution in [0.25, 0.3) is 0 Å². The quantitative estimate of drug-likeness (QED) is 0.678. The molecule has 0 aliphatic heterocycles. The Morgan fingerprint density at radius 1 is 1.46 bits per heavy atom. The molecule has 0 rings (SSSR count). The Kier molecular flexibility index (Phi) is 5.53. The Hall–Kier alpha value is -0.120. The molecule has 1 unspecified atom stereocenters. The van der Waals surface area contributed by atoms with Crippen LogP contribution in [0.5, 0.6) is 0 Å². The van der Waals surface area contributed by atoms with E-state index in [0.29, 0.717) is 12.6 Å². The summed E-state index contributed by atoms with van der Waals surface area (Å²) in [4.78, 5) is 2.26. The lowest BCUT2D eigenvalue weighted by molar-refractivity contribution is -0.00279. The monoisotopic (exact) mass is 188 g/mol. The van der Waals surface area contributed by atoms with Gasteiger partial charge in [-0.2, -0.15) is 0 Å². The Bertz CT molecular complexity index is 137. The minimum absolute atomic E-state index is 0.0394. The van der Waals surface area contributed by atoms with E-state index in [2.05, 4.69) is 32.7 Å². The minimum atomic E-state index is -0.0394. The summed E-state index contributed by atoms with van der Waals surface area (Å²) >= 11 is 0. The normalized spacial score (nSPS) is 15.0. The Morgan fingerprint density at radius 3 is 2.38 bits per heavy atom. The fraction of sp³-hybridized carbons (Fsp3) is 1.00. The van der Waals surface area contributed by atoms with Crippen molar-refractivity contribution in [2.75, 3.05) is 27.2 Å². The number of nitrogens with two attached hydrogens (primary N) is 1. The van der Waals surface area contributed by atoms with Crippen molar-refractivity contribution in [2.45, 2.75) is 38.8 Å². The summed E-state index contributed by atoms with van der Waals surface area (Å²) < 4.78 is 5.38. The van der Waals surface area contributed by atoms with Crippen molar-refractivity contribution < 1.29 is 4.74 Å². The van der Waals surface area contributed by atoms with Gasteiger partial charge in [0.25, 0.3) is 0 Å². The van der Waals surface area contributed by atoms with Crippen LogP contribution in [0.15, 0.2) is 0 Å². The molecule has 1 atom stereocenters. The molecule has 0 saturated heterocycles. The molecule has 0 radical (unpaired) electrons. The number of rotatable bonds is 6. The molecular weight excluding hydrogens is 164 g/mol. The van der Waals surface area contributed by atoms with E-state index in [-0.39, 0.29) is 5.60 Å². The van der Waals surface area contributed by atoms with Gasteiger partial charge in [0, 0.05) is 26.2 Å². The van der Waals surface area contributed by atoms with Crippen molar-refractivity contribution in [1.82, 2.24) is 4.90 Å². The molecule has 0 aliphatic rings. The number of likely N-dealkylation sites (N-methyl/N-ethyl adjacent to an activating group) is 1. The van der Waals surface area contributed by atoms with Gasteiger partial charge in [-0.15, -0.1) is 0 Å². The van der Waals surface area contributed by atoms with E-state index in [9.17, 15) is 0 Å². The average molecular weight is 188 g/mol. The Morgan fingerprint density at radius 2 is 2.00 bits per heavy atom. The molecule has 0 amide bonds. The van der Waals surface area contributed by atoms with Crippen LogP contribution in [0, 0.1) is 0 Å². The van der Waals surface area contributed by atoms with E-state index in [1.165, 1.54) is 0 Å². The van der Waals surface area contributed by atoms with Gasteiger partial charge in [0.15, 0.2) is 0 Å². The highest BCUT2D eigenvalue weighted by Gasteiger charge is 2.21. The summed E-state index contributed by atoms with van der Waals surface area (Å²) in [5.41, 5.74) is 5.45. The van der Waals surface area contributed by atoms with Crippen molar-refractivity contribution >= 4 is 0 Å². The van der Waals surface area contributed by atoms with Crippen LogP contribution in [0.4, 0.5) is 0 Å². The highest BCUT2D eigenvalue weighted by molar-refractivity contribution is 4.76. The van der Waals surface area contributed by atoms with Gasteiger partial charge in [0.1, 0.15) is 0 Å². The third-order valence-corrected chi connectivity index (χ3v) is 2.57. The molecule has 0 heterocycles. The van der Waals surface area contributed by atoms with Gasteiger partial charge in [-0.25, -0.2) is 0 Å². The molecule has 2 N–H and O–H groups in total. The van der Waals surface area contributed by atoms with Crippen LogP contribution in [-0.4, -0.2) is 43.8 Å². The molecule has 0 aliphatic carbocycles. The van der Waals surface area contributed by atoms with Crippen LogP contribution in [0.3, 0.4) is 0 Å². The topological polar surface area (TPSA) is 38.5 Å². The molecule has 80 valence electrons. The van der Waals surface area contributed by atoms with Crippen molar-refractivity contribution in [3.05, 3.63) is 0 Å². The van der Waals surface area contributed by atoms with Gasteiger partial charge in [0.05, 0.1) is 5.60 Å². The summed E-state index contributed by atoms with van der Waals surface area (Å²) in [7, 11) is 3.86. The van der Waals surface area contributed by atoms with E-state index in [4.69, 9.17) is 10.5 Å². The van der Waals surface area contributed by atoms with Crippen LogP contribution in [-0.2, 0) is 4.74 Å². The first-order chi connectivity index (χ1) is 5.93. The number of methoxy groups -OCH3 is 1. The Labute approximate surface area is 82.2 Å². The second-order valence-electron chi connectivity index (χ2n) is 4.29. The third kappa shape index (κ3) is 5.24. The smallest absolute Gasteiger partial charge is 0.0637 e.